The van der Waals surface area contributed by atoms with Crippen molar-refractivity contribution in [2.75, 3.05) is 0 Å². The fourth-order valence-electron chi connectivity index (χ4n) is 0.829. The maximum Gasteiger partial charge on any atom is 0.0643 e. The van der Waals surface area contributed by atoms with Crippen LogP contribution in [0.4, 0.5) is 0 Å². The molecule has 0 saturated carbocycles. The Morgan fingerprint density at radius 2 is 2.08 bits per heavy atom. The molecule has 0 atom stereocenters. The van der Waals surface area contributed by atoms with Crippen LogP contribution in [0.2, 0.25) is 5.02 Å². The molecule has 0 bridgehead atoms. The zero-order chi connectivity index (χ0) is 9.52. The minimum Gasteiger partial charge on any atom is -0.307 e. The van der Waals surface area contributed by atoms with Crippen LogP contribution >= 0.6 is 11.6 Å². The summed E-state index contributed by atoms with van der Waals surface area (Å²) < 4.78 is 0. The average molecular weight is 196 g/mol. The Morgan fingerprint density at radius 3 is 2.69 bits per heavy atom. The summed E-state index contributed by atoms with van der Waals surface area (Å²) in [7, 11) is 0. The monoisotopic (exact) mass is 195 g/mol. The Labute approximate surface area is 81.9 Å². The molecule has 0 aliphatic carbocycles. The molecule has 2 N–H and O–H groups in total. The first-order valence-electron chi connectivity index (χ1n) is 3.82. The second kappa shape index (κ2) is 5.32. The SMILES string of the molecule is N=CC=NNCc1ccc(Cl)cc1. The number of hydrogen-bond donors (Lipinski definition) is 2. The average Bonchev–Trinajstić information content (AvgIpc) is 2.15. The van der Waals surface area contributed by atoms with E-state index in [1.54, 1.807) is 0 Å². The van der Waals surface area contributed by atoms with Gasteiger partial charge in [0.05, 0.1) is 12.8 Å². The van der Waals surface area contributed by atoms with Crippen LogP contribution in [0.25, 0.3) is 0 Å². The molecule has 0 fully saturated rings. The summed E-state index contributed by atoms with van der Waals surface area (Å²) >= 11 is 5.72. The van der Waals surface area contributed by atoms with Crippen LogP contribution in [0.3, 0.4) is 0 Å². The van der Waals surface area contributed by atoms with Gasteiger partial charge in [0, 0.05) is 11.2 Å². The molecule has 1 aromatic carbocycles. The smallest absolute Gasteiger partial charge is 0.0643 e. The third-order valence-corrected chi connectivity index (χ3v) is 1.69. The molecule has 0 saturated heterocycles. The normalized spacial score (nSPS) is 10.2. The number of benzene rings is 1. The lowest BCUT2D eigenvalue weighted by atomic mass is 10.2. The lowest BCUT2D eigenvalue weighted by molar-refractivity contribution is 0.749. The van der Waals surface area contributed by atoms with Crippen molar-refractivity contribution in [3.05, 3.63) is 34.9 Å². The van der Waals surface area contributed by atoms with Gasteiger partial charge in [-0.05, 0) is 17.7 Å². The molecule has 0 aliphatic rings. The van der Waals surface area contributed by atoms with Gasteiger partial charge >= 0.3 is 0 Å². The number of hydrogen-bond acceptors (Lipinski definition) is 3. The van der Waals surface area contributed by atoms with Crippen molar-refractivity contribution in [3.63, 3.8) is 0 Å². The molecular weight excluding hydrogens is 186 g/mol. The minimum atomic E-state index is 0.640. The van der Waals surface area contributed by atoms with Crippen LogP contribution < -0.4 is 5.43 Å². The van der Waals surface area contributed by atoms with Gasteiger partial charge < -0.3 is 10.8 Å². The molecule has 3 nitrogen and oxygen atoms in total. The molecule has 0 unspecified atom stereocenters. The Hall–Kier alpha value is -1.35. The van der Waals surface area contributed by atoms with Crippen molar-refractivity contribution in [1.29, 1.82) is 5.41 Å². The van der Waals surface area contributed by atoms with Crippen molar-refractivity contribution < 1.29 is 0 Å². The van der Waals surface area contributed by atoms with E-state index in [0.29, 0.717) is 6.54 Å². The predicted octanol–water partition coefficient (Wildman–Crippen LogP) is 2.06. The Kier molecular flexibility index (Phi) is 3.99. The van der Waals surface area contributed by atoms with Gasteiger partial charge in [0.1, 0.15) is 0 Å². The van der Waals surface area contributed by atoms with Crippen LogP contribution in [0.1, 0.15) is 5.56 Å². The van der Waals surface area contributed by atoms with E-state index in [4.69, 9.17) is 17.0 Å². The molecule has 0 spiro atoms. The van der Waals surface area contributed by atoms with Gasteiger partial charge in [0.2, 0.25) is 0 Å². The van der Waals surface area contributed by atoms with E-state index in [2.05, 4.69) is 10.5 Å². The lowest BCUT2D eigenvalue weighted by Crippen LogP contribution is -2.04. The maximum atomic E-state index is 6.68. The Balaban J connectivity index is 2.41. The molecule has 4 heteroatoms. The Bertz CT molecular complexity index is 292. The van der Waals surface area contributed by atoms with Crippen molar-refractivity contribution >= 4 is 24.0 Å². The predicted molar refractivity (Wildman–Crippen MR) is 55.6 cm³/mol. The standard InChI is InChI=1S/C9H10ClN3/c10-9-3-1-8(2-4-9)7-13-12-6-5-11/h1-6,11,13H,7H2. The van der Waals surface area contributed by atoms with E-state index in [1.165, 1.54) is 6.21 Å². The van der Waals surface area contributed by atoms with Crippen molar-refractivity contribution in [2.24, 2.45) is 5.10 Å². The summed E-state index contributed by atoms with van der Waals surface area (Å²) in [5, 5.41) is 11.2. The summed E-state index contributed by atoms with van der Waals surface area (Å²) in [6, 6.07) is 7.52. The first kappa shape index (κ1) is 9.74. The zero-order valence-electron chi connectivity index (χ0n) is 7.00. The highest BCUT2D eigenvalue weighted by Crippen LogP contribution is 2.08. The first-order chi connectivity index (χ1) is 6.33. The van der Waals surface area contributed by atoms with Crippen molar-refractivity contribution in [3.8, 4) is 0 Å². The number of rotatable bonds is 4. The van der Waals surface area contributed by atoms with Gasteiger partial charge in [-0.1, -0.05) is 23.7 Å². The van der Waals surface area contributed by atoms with E-state index in [1.807, 2.05) is 24.3 Å². The third-order valence-electron chi connectivity index (χ3n) is 1.44. The molecule has 0 heterocycles. The summed E-state index contributed by atoms with van der Waals surface area (Å²) in [5.74, 6) is 0. The van der Waals surface area contributed by atoms with Gasteiger partial charge in [-0.15, -0.1) is 0 Å². The van der Waals surface area contributed by atoms with E-state index >= 15 is 0 Å². The topological polar surface area (TPSA) is 48.2 Å². The van der Waals surface area contributed by atoms with E-state index in [0.717, 1.165) is 16.8 Å². The molecule has 0 aromatic heterocycles. The largest absolute Gasteiger partial charge is 0.307 e. The molecule has 0 radical (unpaired) electrons. The maximum absolute atomic E-state index is 6.68. The van der Waals surface area contributed by atoms with E-state index in [-0.39, 0.29) is 0 Å². The molecule has 1 rings (SSSR count). The highest BCUT2D eigenvalue weighted by atomic mass is 35.5. The zero-order valence-corrected chi connectivity index (χ0v) is 7.75. The summed E-state index contributed by atoms with van der Waals surface area (Å²) in [5.41, 5.74) is 3.90. The van der Waals surface area contributed by atoms with Crippen molar-refractivity contribution in [2.45, 2.75) is 6.54 Å². The van der Waals surface area contributed by atoms with Crippen molar-refractivity contribution in [1.82, 2.24) is 5.43 Å². The van der Waals surface area contributed by atoms with Gasteiger partial charge in [-0.2, -0.15) is 5.10 Å². The van der Waals surface area contributed by atoms with Gasteiger partial charge in [-0.3, -0.25) is 0 Å². The molecule has 68 valence electrons. The number of nitrogens with zero attached hydrogens (tertiary/aromatic N) is 1. The first-order valence-corrected chi connectivity index (χ1v) is 4.20. The second-order valence-corrected chi connectivity index (χ2v) is 2.84. The van der Waals surface area contributed by atoms with Crippen LogP contribution in [0, 0.1) is 5.41 Å². The summed E-state index contributed by atoms with van der Waals surface area (Å²) in [6.45, 7) is 0.640. The van der Waals surface area contributed by atoms with Gasteiger partial charge in [0.25, 0.3) is 0 Å². The third kappa shape index (κ3) is 3.71. The number of hydrazone groups is 1. The van der Waals surface area contributed by atoms with Crippen LogP contribution in [0.5, 0.6) is 0 Å². The van der Waals surface area contributed by atoms with E-state index in [9.17, 15) is 0 Å². The molecule has 0 amide bonds. The fourth-order valence-corrected chi connectivity index (χ4v) is 0.955. The van der Waals surface area contributed by atoms with Crippen LogP contribution in [-0.4, -0.2) is 12.4 Å². The highest BCUT2D eigenvalue weighted by Gasteiger charge is 1.89. The number of nitrogens with one attached hydrogen (secondary N) is 2. The fraction of sp³-hybridized carbons (Fsp3) is 0.111. The summed E-state index contributed by atoms with van der Waals surface area (Å²) in [6.07, 6.45) is 2.50. The minimum absolute atomic E-state index is 0.640. The quantitative estimate of drug-likeness (QED) is 0.561. The number of halogens is 1. The van der Waals surface area contributed by atoms with Gasteiger partial charge in [-0.25, -0.2) is 0 Å². The van der Waals surface area contributed by atoms with E-state index < -0.39 is 0 Å². The Morgan fingerprint density at radius 1 is 1.38 bits per heavy atom. The van der Waals surface area contributed by atoms with Gasteiger partial charge in [0.15, 0.2) is 0 Å². The lowest BCUT2D eigenvalue weighted by Gasteiger charge is -1.99. The molecular formula is C9H10ClN3. The molecule has 1 aromatic rings. The second-order valence-electron chi connectivity index (χ2n) is 2.41. The highest BCUT2D eigenvalue weighted by molar-refractivity contribution is 6.30. The molecule has 0 aliphatic heterocycles. The van der Waals surface area contributed by atoms with Crippen LogP contribution in [0.15, 0.2) is 29.4 Å². The van der Waals surface area contributed by atoms with Crippen LogP contribution in [-0.2, 0) is 6.54 Å². The molecule has 13 heavy (non-hydrogen) atoms. The summed E-state index contributed by atoms with van der Waals surface area (Å²) in [4.78, 5) is 0.